The fourth-order valence-electron chi connectivity index (χ4n) is 1.88. The lowest BCUT2D eigenvalue weighted by atomic mass is 10.1. The molecular formula is C13H22N2O4S. The highest BCUT2D eigenvalue weighted by Crippen LogP contribution is 2.24. The zero-order valence-electron chi connectivity index (χ0n) is 11.8. The van der Waals surface area contributed by atoms with E-state index in [9.17, 15) is 8.42 Å². The molecular weight excluding hydrogens is 280 g/mol. The number of nitrogens with two attached hydrogens (primary N) is 1. The van der Waals surface area contributed by atoms with Crippen LogP contribution in [0.15, 0.2) is 17.0 Å². The average molecular weight is 302 g/mol. The minimum Gasteiger partial charge on any atom is -0.398 e. The van der Waals surface area contributed by atoms with Crippen molar-refractivity contribution in [2.45, 2.75) is 25.2 Å². The molecule has 0 unspecified atom stereocenters. The Hall–Kier alpha value is -1.15. The van der Waals surface area contributed by atoms with Gasteiger partial charge in [0.1, 0.15) is 0 Å². The number of rotatable bonds is 8. The van der Waals surface area contributed by atoms with Crippen LogP contribution in [0.4, 0.5) is 5.69 Å². The summed E-state index contributed by atoms with van der Waals surface area (Å²) in [5.74, 6) is 0. The molecule has 0 saturated carbocycles. The third-order valence-electron chi connectivity index (χ3n) is 2.91. The summed E-state index contributed by atoms with van der Waals surface area (Å²) in [7, 11) is -3.57. The Labute approximate surface area is 120 Å². The minimum absolute atomic E-state index is 0.0343. The van der Waals surface area contributed by atoms with Gasteiger partial charge in [-0.1, -0.05) is 6.07 Å². The van der Waals surface area contributed by atoms with Crippen molar-refractivity contribution in [1.82, 2.24) is 4.72 Å². The van der Waals surface area contributed by atoms with Crippen LogP contribution in [0.5, 0.6) is 0 Å². The first kappa shape index (κ1) is 16.9. The number of hydrogen-bond acceptors (Lipinski definition) is 5. The number of benzene rings is 1. The van der Waals surface area contributed by atoms with Crippen molar-refractivity contribution in [2.75, 3.05) is 32.1 Å². The van der Waals surface area contributed by atoms with E-state index in [1.807, 2.05) is 0 Å². The van der Waals surface area contributed by atoms with Crippen molar-refractivity contribution in [2.24, 2.45) is 0 Å². The zero-order chi connectivity index (χ0) is 15.2. The number of anilines is 1. The summed E-state index contributed by atoms with van der Waals surface area (Å²) in [5.41, 5.74) is 7.45. The monoisotopic (exact) mass is 302 g/mol. The average Bonchev–Trinajstić information content (AvgIpc) is 2.38. The molecule has 0 saturated heterocycles. The SMILES string of the molecule is Cc1ccc(N)c(C)c1S(=O)(=O)NCCCOCCO. The van der Waals surface area contributed by atoms with Gasteiger partial charge in [0.05, 0.1) is 18.1 Å². The molecule has 1 rings (SSSR count). The number of aliphatic hydroxyl groups is 1. The summed E-state index contributed by atoms with van der Waals surface area (Å²) in [6, 6.07) is 3.40. The first-order valence-electron chi connectivity index (χ1n) is 6.44. The zero-order valence-corrected chi connectivity index (χ0v) is 12.7. The van der Waals surface area contributed by atoms with Gasteiger partial charge >= 0.3 is 0 Å². The van der Waals surface area contributed by atoms with Crippen molar-refractivity contribution in [1.29, 1.82) is 0 Å². The lowest BCUT2D eigenvalue weighted by Crippen LogP contribution is -2.27. The van der Waals surface area contributed by atoms with E-state index >= 15 is 0 Å². The molecule has 0 aromatic heterocycles. The highest BCUT2D eigenvalue weighted by Gasteiger charge is 2.20. The summed E-state index contributed by atoms with van der Waals surface area (Å²) in [6.07, 6.45) is 0.541. The Morgan fingerprint density at radius 1 is 1.30 bits per heavy atom. The Kier molecular flexibility index (Phi) is 6.41. The highest BCUT2D eigenvalue weighted by atomic mass is 32.2. The smallest absolute Gasteiger partial charge is 0.241 e. The van der Waals surface area contributed by atoms with Gasteiger partial charge in [0.25, 0.3) is 0 Å². The van der Waals surface area contributed by atoms with Gasteiger partial charge in [0, 0.05) is 18.8 Å². The first-order valence-corrected chi connectivity index (χ1v) is 7.92. The standard InChI is InChI=1S/C13H22N2O4S/c1-10-4-5-12(14)11(2)13(10)20(17,18)15-6-3-8-19-9-7-16/h4-5,15-16H,3,6-9,14H2,1-2H3. The van der Waals surface area contributed by atoms with Gasteiger partial charge in [0.2, 0.25) is 10.0 Å². The predicted octanol–water partition coefficient (Wildman–Crippen LogP) is 0.563. The van der Waals surface area contributed by atoms with E-state index in [0.29, 0.717) is 29.8 Å². The van der Waals surface area contributed by atoms with Crippen LogP contribution in [-0.2, 0) is 14.8 Å². The summed E-state index contributed by atoms with van der Waals surface area (Å²) in [6.45, 7) is 4.35. The Bertz CT molecular complexity index is 544. The molecule has 0 bridgehead atoms. The molecule has 0 spiro atoms. The van der Waals surface area contributed by atoms with Crippen LogP contribution in [0.2, 0.25) is 0 Å². The second kappa shape index (κ2) is 7.58. The number of nitrogen functional groups attached to an aromatic ring is 1. The Morgan fingerprint density at radius 3 is 2.65 bits per heavy atom. The lowest BCUT2D eigenvalue weighted by molar-refractivity contribution is 0.0913. The third kappa shape index (κ3) is 4.45. The number of hydrogen-bond donors (Lipinski definition) is 3. The van der Waals surface area contributed by atoms with E-state index in [-0.39, 0.29) is 24.7 Å². The molecule has 1 aromatic rings. The summed E-state index contributed by atoms with van der Waals surface area (Å²) >= 11 is 0. The van der Waals surface area contributed by atoms with Gasteiger partial charge < -0.3 is 15.6 Å². The lowest BCUT2D eigenvalue weighted by Gasteiger charge is -2.13. The van der Waals surface area contributed by atoms with Crippen LogP contribution < -0.4 is 10.5 Å². The molecule has 114 valence electrons. The summed E-state index contributed by atoms with van der Waals surface area (Å²) in [4.78, 5) is 0.244. The van der Waals surface area contributed by atoms with E-state index in [4.69, 9.17) is 15.6 Å². The first-order chi connectivity index (χ1) is 9.40. The summed E-state index contributed by atoms with van der Waals surface area (Å²) in [5, 5.41) is 8.54. The molecule has 0 aliphatic rings. The van der Waals surface area contributed by atoms with Crippen molar-refractivity contribution in [3.8, 4) is 0 Å². The molecule has 0 radical (unpaired) electrons. The Morgan fingerprint density at radius 2 is 2.00 bits per heavy atom. The molecule has 7 heteroatoms. The molecule has 1 aromatic carbocycles. The van der Waals surface area contributed by atoms with Crippen LogP contribution in [0, 0.1) is 13.8 Å². The van der Waals surface area contributed by atoms with E-state index in [2.05, 4.69) is 4.72 Å². The number of ether oxygens (including phenoxy) is 1. The predicted molar refractivity (Wildman–Crippen MR) is 78.0 cm³/mol. The quantitative estimate of drug-likeness (QED) is 0.481. The van der Waals surface area contributed by atoms with Crippen molar-refractivity contribution >= 4 is 15.7 Å². The fourth-order valence-corrected chi connectivity index (χ4v) is 3.45. The van der Waals surface area contributed by atoms with Crippen molar-refractivity contribution in [3.63, 3.8) is 0 Å². The third-order valence-corrected chi connectivity index (χ3v) is 4.66. The van der Waals surface area contributed by atoms with Crippen LogP contribution in [0.25, 0.3) is 0 Å². The highest BCUT2D eigenvalue weighted by molar-refractivity contribution is 7.89. The van der Waals surface area contributed by atoms with Gasteiger partial charge in [-0.3, -0.25) is 0 Å². The van der Waals surface area contributed by atoms with Crippen LogP contribution >= 0.6 is 0 Å². The van der Waals surface area contributed by atoms with E-state index in [0.717, 1.165) is 0 Å². The summed E-state index contributed by atoms with van der Waals surface area (Å²) < 4.78 is 32.1. The fraction of sp³-hybridized carbons (Fsp3) is 0.538. The van der Waals surface area contributed by atoms with Crippen LogP contribution in [-0.4, -0.2) is 39.9 Å². The Balaban J connectivity index is 2.68. The van der Waals surface area contributed by atoms with Crippen LogP contribution in [0.1, 0.15) is 17.5 Å². The van der Waals surface area contributed by atoms with Gasteiger partial charge in [-0.05, 0) is 37.5 Å². The molecule has 0 fully saturated rings. The maximum Gasteiger partial charge on any atom is 0.241 e. The van der Waals surface area contributed by atoms with E-state index < -0.39 is 10.0 Å². The second-order valence-electron chi connectivity index (χ2n) is 4.51. The molecule has 0 aliphatic heterocycles. The number of nitrogens with one attached hydrogen (secondary N) is 1. The van der Waals surface area contributed by atoms with Gasteiger partial charge in [0.15, 0.2) is 0 Å². The topological polar surface area (TPSA) is 102 Å². The second-order valence-corrected chi connectivity index (χ2v) is 6.22. The van der Waals surface area contributed by atoms with Gasteiger partial charge in [-0.2, -0.15) is 0 Å². The largest absolute Gasteiger partial charge is 0.398 e. The molecule has 0 amide bonds. The molecule has 0 heterocycles. The molecule has 0 aliphatic carbocycles. The van der Waals surface area contributed by atoms with Gasteiger partial charge in [-0.25, -0.2) is 13.1 Å². The molecule has 20 heavy (non-hydrogen) atoms. The number of aliphatic hydroxyl groups excluding tert-OH is 1. The van der Waals surface area contributed by atoms with E-state index in [1.54, 1.807) is 26.0 Å². The van der Waals surface area contributed by atoms with Gasteiger partial charge in [-0.15, -0.1) is 0 Å². The minimum atomic E-state index is -3.57. The van der Waals surface area contributed by atoms with Crippen molar-refractivity contribution < 1.29 is 18.3 Å². The number of aryl methyl sites for hydroxylation is 1. The molecule has 4 N–H and O–H groups in total. The maximum absolute atomic E-state index is 12.3. The maximum atomic E-state index is 12.3. The van der Waals surface area contributed by atoms with E-state index in [1.165, 1.54) is 0 Å². The molecule has 6 nitrogen and oxygen atoms in total. The normalized spacial score (nSPS) is 11.8. The van der Waals surface area contributed by atoms with Crippen LogP contribution in [0.3, 0.4) is 0 Å². The number of sulfonamides is 1. The molecule has 0 atom stereocenters. The van der Waals surface area contributed by atoms with Crippen molar-refractivity contribution in [3.05, 3.63) is 23.3 Å².